The van der Waals surface area contributed by atoms with Crippen molar-refractivity contribution in [2.24, 2.45) is 4.99 Å². The Labute approximate surface area is 192 Å². The number of benzene rings is 2. The van der Waals surface area contributed by atoms with Crippen molar-refractivity contribution in [1.29, 1.82) is 0 Å². The van der Waals surface area contributed by atoms with Crippen LogP contribution in [0.3, 0.4) is 0 Å². The van der Waals surface area contributed by atoms with E-state index in [2.05, 4.69) is 44.3 Å². The minimum absolute atomic E-state index is 0.324. The van der Waals surface area contributed by atoms with E-state index in [0.717, 1.165) is 41.5 Å². The summed E-state index contributed by atoms with van der Waals surface area (Å²) in [5, 5.41) is 4.77. The van der Waals surface area contributed by atoms with Gasteiger partial charge in [-0.15, -0.1) is 0 Å². The summed E-state index contributed by atoms with van der Waals surface area (Å²) >= 11 is 0. The van der Waals surface area contributed by atoms with Gasteiger partial charge in [0.15, 0.2) is 0 Å². The van der Waals surface area contributed by atoms with Crippen LogP contribution >= 0.6 is 0 Å². The van der Waals surface area contributed by atoms with Crippen molar-refractivity contribution < 1.29 is 9.18 Å². The number of nitrogens with one attached hydrogen (secondary N) is 1. The van der Waals surface area contributed by atoms with Crippen LogP contribution in [0.5, 0.6) is 0 Å². The number of hydrogen-bond acceptors (Lipinski definition) is 5. The third-order valence-electron chi connectivity index (χ3n) is 6.24. The summed E-state index contributed by atoms with van der Waals surface area (Å²) in [5.74, 6) is -0.248. The van der Waals surface area contributed by atoms with Crippen molar-refractivity contribution in [2.75, 3.05) is 38.7 Å². The number of anilines is 1. The fraction of sp³-hybridized carbons (Fsp3) is 0.269. The molecule has 5 rings (SSSR count). The molecular weight excluding hydrogens is 417 g/mol. The van der Waals surface area contributed by atoms with Crippen LogP contribution in [-0.2, 0) is 0 Å². The number of allylic oxidation sites excluding steroid dienone is 1. The summed E-state index contributed by atoms with van der Waals surface area (Å²) < 4.78 is 13.1. The van der Waals surface area contributed by atoms with E-state index in [1.54, 1.807) is 6.20 Å². The second kappa shape index (κ2) is 9.11. The summed E-state index contributed by atoms with van der Waals surface area (Å²) in [7, 11) is 2.09. The second-order valence-electron chi connectivity index (χ2n) is 8.59. The minimum Gasteiger partial charge on any atom is -0.357 e. The predicted octanol–water partition coefficient (Wildman–Crippen LogP) is 4.41. The van der Waals surface area contributed by atoms with Gasteiger partial charge in [0.1, 0.15) is 18.3 Å². The van der Waals surface area contributed by atoms with Gasteiger partial charge in [0.2, 0.25) is 0 Å². The van der Waals surface area contributed by atoms with E-state index in [9.17, 15) is 9.18 Å². The predicted molar refractivity (Wildman–Crippen MR) is 130 cm³/mol. The molecule has 0 spiro atoms. The Morgan fingerprint density at radius 1 is 1.06 bits per heavy atom. The maximum atomic E-state index is 13.1. The molecule has 1 amide bonds. The third-order valence-corrected chi connectivity index (χ3v) is 6.24. The van der Waals surface area contributed by atoms with Crippen molar-refractivity contribution in [3.63, 3.8) is 0 Å². The number of likely N-dealkylation sites (N-methyl/N-ethyl adjacent to an activating group) is 1. The van der Waals surface area contributed by atoms with Crippen molar-refractivity contribution in [3.05, 3.63) is 77.4 Å². The summed E-state index contributed by atoms with van der Waals surface area (Å²) in [5.41, 5.74) is 3.88. The lowest BCUT2D eigenvalue weighted by Gasteiger charge is -2.30. The quantitative estimate of drug-likeness (QED) is 0.635. The number of amides is 1. The lowest BCUT2D eigenvalue weighted by molar-refractivity contribution is 0.102. The van der Waals surface area contributed by atoms with Crippen molar-refractivity contribution in [1.82, 2.24) is 14.8 Å². The molecule has 1 aromatic heterocycles. The molecule has 33 heavy (non-hydrogen) atoms. The molecule has 3 aromatic rings. The highest BCUT2D eigenvalue weighted by atomic mass is 19.1. The van der Waals surface area contributed by atoms with Gasteiger partial charge in [-0.05, 0) is 73.3 Å². The molecule has 6 nitrogen and oxygen atoms in total. The number of carbonyl (C=O) groups excluding carboxylic acids is 1. The second-order valence-corrected chi connectivity index (χ2v) is 8.59. The van der Waals surface area contributed by atoms with E-state index in [1.807, 2.05) is 18.3 Å². The molecule has 0 bridgehead atoms. The summed E-state index contributed by atoms with van der Waals surface area (Å²) in [6.45, 7) is 3.87. The van der Waals surface area contributed by atoms with Crippen LogP contribution in [0, 0.1) is 5.82 Å². The van der Waals surface area contributed by atoms with E-state index in [0.29, 0.717) is 18.1 Å². The smallest absolute Gasteiger partial charge is 0.256 e. The largest absolute Gasteiger partial charge is 0.357 e. The Hall–Kier alpha value is -3.58. The number of aromatic nitrogens is 1. The van der Waals surface area contributed by atoms with E-state index < -0.39 is 0 Å². The van der Waals surface area contributed by atoms with Crippen LogP contribution < -0.4 is 5.32 Å². The fourth-order valence-electron chi connectivity index (χ4n) is 4.39. The van der Waals surface area contributed by atoms with Crippen molar-refractivity contribution >= 4 is 34.3 Å². The molecule has 1 N–H and O–H groups in total. The van der Waals surface area contributed by atoms with Crippen LogP contribution in [-0.4, -0.2) is 60.3 Å². The van der Waals surface area contributed by atoms with Gasteiger partial charge in [0.25, 0.3) is 5.91 Å². The molecule has 2 aliphatic rings. The molecule has 7 heteroatoms. The van der Waals surface area contributed by atoms with E-state index in [-0.39, 0.29) is 11.7 Å². The number of nitrogens with zero attached hydrogens (tertiary/aromatic N) is 4. The molecule has 0 aliphatic carbocycles. The monoisotopic (exact) mass is 443 g/mol. The lowest BCUT2D eigenvalue weighted by atomic mass is 9.99. The number of rotatable bonds is 5. The first-order valence-electron chi connectivity index (χ1n) is 11.2. The molecule has 2 aliphatic heterocycles. The molecule has 2 aromatic carbocycles. The zero-order valence-electron chi connectivity index (χ0n) is 18.6. The first kappa shape index (κ1) is 21.3. The average molecular weight is 444 g/mol. The Balaban J connectivity index is 1.44. The molecule has 0 unspecified atom stereocenters. The molecule has 0 saturated carbocycles. The van der Waals surface area contributed by atoms with Gasteiger partial charge < -0.3 is 10.2 Å². The number of carbonyl (C=O) groups is 1. The van der Waals surface area contributed by atoms with Gasteiger partial charge in [-0.25, -0.2) is 9.37 Å². The van der Waals surface area contributed by atoms with Gasteiger partial charge in [-0.1, -0.05) is 12.1 Å². The fourth-order valence-corrected chi connectivity index (χ4v) is 4.39. The Bertz CT molecular complexity index is 1250. The van der Waals surface area contributed by atoms with Crippen LogP contribution in [0.2, 0.25) is 0 Å². The maximum Gasteiger partial charge on any atom is 0.256 e. The Morgan fingerprint density at radius 2 is 1.85 bits per heavy atom. The van der Waals surface area contributed by atoms with Gasteiger partial charge in [0, 0.05) is 48.2 Å². The van der Waals surface area contributed by atoms with E-state index in [4.69, 9.17) is 0 Å². The third kappa shape index (κ3) is 4.64. The van der Waals surface area contributed by atoms with Gasteiger partial charge in [0.05, 0.1) is 0 Å². The Kier molecular flexibility index (Phi) is 5.88. The molecular formula is C26H26FN5O. The SMILES string of the molecule is CN1CN=CC(c2ccc3cnc(NC(=O)c4ccc(F)cc4)cc3c2)=C1CN1CCCC1. The number of aliphatic imine (C=N–C) groups is 1. The van der Waals surface area contributed by atoms with E-state index >= 15 is 0 Å². The molecule has 1 fully saturated rings. The van der Waals surface area contributed by atoms with E-state index in [1.165, 1.54) is 42.8 Å². The topological polar surface area (TPSA) is 60.8 Å². The zero-order valence-corrected chi connectivity index (χ0v) is 18.6. The molecule has 1 saturated heterocycles. The van der Waals surface area contributed by atoms with Crippen LogP contribution in [0.1, 0.15) is 28.8 Å². The number of pyridine rings is 1. The number of likely N-dealkylation sites (tertiary alicyclic amines) is 1. The number of hydrogen-bond donors (Lipinski definition) is 1. The zero-order chi connectivity index (χ0) is 22.8. The average Bonchev–Trinajstić information content (AvgIpc) is 3.33. The maximum absolute atomic E-state index is 13.1. The lowest BCUT2D eigenvalue weighted by Crippen LogP contribution is -2.32. The van der Waals surface area contributed by atoms with Crippen LogP contribution in [0.4, 0.5) is 10.2 Å². The van der Waals surface area contributed by atoms with Gasteiger partial charge in [-0.2, -0.15) is 0 Å². The Morgan fingerprint density at radius 3 is 2.64 bits per heavy atom. The van der Waals surface area contributed by atoms with Gasteiger partial charge in [-0.3, -0.25) is 14.7 Å². The molecule has 0 radical (unpaired) electrons. The number of fused-ring (bicyclic) bond motifs is 1. The standard InChI is InChI=1S/C26H26FN5O/c1-31-17-28-15-23(24(31)16-32-10-2-3-11-32)19-4-5-20-14-29-25(13-21(20)12-19)30-26(33)18-6-8-22(27)9-7-18/h4-9,12-15H,2-3,10-11,16-17H2,1H3,(H,29,30,33). The summed E-state index contributed by atoms with van der Waals surface area (Å²) in [6.07, 6.45) is 6.25. The van der Waals surface area contributed by atoms with Gasteiger partial charge >= 0.3 is 0 Å². The normalized spacial score (nSPS) is 16.6. The van der Waals surface area contributed by atoms with Crippen molar-refractivity contribution in [2.45, 2.75) is 12.8 Å². The summed E-state index contributed by atoms with van der Waals surface area (Å²) in [6, 6.07) is 13.6. The van der Waals surface area contributed by atoms with Crippen LogP contribution in [0.15, 0.2) is 65.4 Å². The van der Waals surface area contributed by atoms with Crippen LogP contribution in [0.25, 0.3) is 16.3 Å². The number of halogens is 1. The first-order chi connectivity index (χ1) is 16.1. The molecule has 0 atom stereocenters. The first-order valence-corrected chi connectivity index (χ1v) is 11.2. The highest BCUT2D eigenvalue weighted by Gasteiger charge is 2.21. The summed E-state index contributed by atoms with van der Waals surface area (Å²) in [4.78, 5) is 26.1. The highest BCUT2D eigenvalue weighted by molar-refractivity contribution is 6.12. The minimum atomic E-state index is -0.377. The molecule has 3 heterocycles. The molecule has 168 valence electrons. The highest BCUT2D eigenvalue weighted by Crippen LogP contribution is 2.28. The van der Waals surface area contributed by atoms with Crippen molar-refractivity contribution in [3.8, 4) is 0 Å².